The second-order valence-corrected chi connectivity index (χ2v) is 3.26. The lowest BCUT2D eigenvalue weighted by molar-refractivity contribution is 0.0987. The maximum atomic E-state index is 12.7. The van der Waals surface area contributed by atoms with Gasteiger partial charge in [0, 0.05) is 16.5 Å². The van der Waals surface area contributed by atoms with Crippen molar-refractivity contribution < 1.29 is 9.18 Å². The van der Waals surface area contributed by atoms with E-state index in [1.165, 1.54) is 18.2 Å². The highest BCUT2D eigenvalue weighted by atomic mass is 79.9. The Bertz CT molecular complexity index is 309. The number of carbonyl (C=O) groups is 1. The highest BCUT2D eigenvalue weighted by molar-refractivity contribution is 9.10. The van der Waals surface area contributed by atoms with Crippen LogP contribution in [0.25, 0.3) is 0 Å². The van der Waals surface area contributed by atoms with Crippen LogP contribution in [0.15, 0.2) is 22.7 Å². The van der Waals surface area contributed by atoms with Crippen molar-refractivity contribution in [1.82, 2.24) is 0 Å². The first-order valence-corrected chi connectivity index (χ1v) is 4.42. The van der Waals surface area contributed by atoms with E-state index in [0.717, 1.165) is 0 Å². The molecule has 1 nitrogen and oxygen atoms in total. The van der Waals surface area contributed by atoms with E-state index in [1.807, 2.05) is 0 Å². The minimum atomic E-state index is -0.380. The molecule has 1 aromatic rings. The molecule has 0 aliphatic heterocycles. The number of hydrogen-bond acceptors (Lipinski definition) is 1. The smallest absolute Gasteiger partial charge is 0.163 e. The predicted octanol–water partition coefficient (Wildman–Crippen LogP) is 3.18. The van der Waals surface area contributed by atoms with Gasteiger partial charge in [0.25, 0.3) is 0 Å². The Morgan fingerprint density at radius 1 is 1.58 bits per heavy atom. The Morgan fingerprint density at radius 3 is 2.83 bits per heavy atom. The van der Waals surface area contributed by atoms with E-state index in [9.17, 15) is 9.18 Å². The summed E-state index contributed by atoms with van der Waals surface area (Å²) < 4.78 is 13.3. The van der Waals surface area contributed by atoms with Crippen molar-refractivity contribution in [2.75, 3.05) is 0 Å². The number of rotatable bonds is 2. The monoisotopic (exact) mass is 230 g/mol. The molecule has 0 saturated carbocycles. The Morgan fingerprint density at radius 2 is 2.25 bits per heavy atom. The summed E-state index contributed by atoms with van der Waals surface area (Å²) in [6, 6.07) is 4.10. The molecule has 0 spiro atoms. The Balaban J connectivity index is 3.13. The van der Waals surface area contributed by atoms with Crippen LogP contribution in [0.2, 0.25) is 0 Å². The van der Waals surface area contributed by atoms with Gasteiger partial charge in [-0.2, -0.15) is 0 Å². The molecule has 0 N–H and O–H groups in total. The summed E-state index contributed by atoms with van der Waals surface area (Å²) in [6.07, 6.45) is 0.391. The van der Waals surface area contributed by atoms with E-state index < -0.39 is 0 Å². The summed E-state index contributed by atoms with van der Waals surface area (Å²) in [7, 11) is 0. The molecule has 0 aliphatic rings. The van der Waals surface area contributed by atoms with Gasteiger partial charge in [0.1, 0.15) is 5.82 Å². The zero-order valence-corrected chi connectivity index (χ0v) is 8.19. The summed E-state index contributed by atoms with van der Waals surface area (Å²) >= 11 is 3.18. The van der Waals surface area contributed by atoms with Crippen molar-refractivity contribution in [3.63, 3.8) is 0 Å². The van der Waals surface area contributed by atoms with Crippen LogP contribution < -0.4 is 0 Å². The molecule has 1 rings (SSSR count). The van der Waals surface area contributed by atoms with Crippen LogP contribution >= 0.6 is 15.9 Å². The Labute approximate surface area is 78.7 Å². The number of ketones is 1. The fraction of sp³-hybridized carbons (Fsp3) is 0.222. The van der Waals surface area contributed by atoms with Crippen LogP contribution in [-0.4, -0.2) is 5.78 Å². The van der Waals surface area contributed by atoms with E-state index >= 15 is 0 Å². The zero-order valence-electron chi connectivity index (χ0n) is 6.60. The van der Waals surface area contributed by atoms with Gasteiger partial charge in [-0.25, -0.2) is 4.39 Å². The van der Waals surface area contributed by atoms with Crippen LogP contribution in [-0.2, 0) is 0 Å². The van der Waals surface area contributed by atoms with Gasteiger partial charge in [-0.1, -0.05) is 22.9 Å². The number of Topliss-reactive ketones (excluding diaryl/α,β-unsaturated/α-hetero) is 1. The molecule has 0 atom stereocenters. The van der Waals surface area contributed by atoms with Gasteiger partial charge in [0.2, 0.25) is 0 Å². The van der Waals surface area contributed by atoms with E-state index in [-0.39, 0.29) is 11.6 Å². The summed E-state index contributed by atoms with van der Waals surface area (Å²) in [6.45, 7) is 1.75. The lowest BCUT2D eigenvalue weighted by Crippen LogP contribution is -1.98. The minimum Gasteiger partial charge on any atom is -0.294 e. The quantitative estimate of drug-likeness (QED) is 0.714. The molecule has 0 radical (unpaired) electrons. The minimum absolute atomic E-state index is 0.0543. The number of halogens is 2. The maximum Gasteiger partial charge on any atom is 0.163 e. The zero-order chi connectivity index (χ0) is 9.14. The van der Waals surface area contributed by atoms with E-state index in [2.05, 4.69) is 15.9 Å². The lowest BCUT2D eigenvalue weighted by atomic mass is 10.1. The van der Waals surface area contributed by atoms with Gasteiger partial charge in [-0.15, -0.1) is 0 Å². The number of benzene rings is 1. The van der Waals surface area contributed by atoms with Crippen LogP contribution in [0.1, 0.15) is 23.7 Å². The standard InChI is InChI=1S/C9H8BrFO/c1-2-9(12)7-5-6(11)3-4-8(7)10/h3-5H,2H2,1H3. The van der Waals surface area contributed by atoms with Gasteiger partial charge in [-0.05, 0) is 18.2 Å². The Hall–Kier alpha value is -0.700. The molecule has 64 valence electrons. The van der Waals surface area contributed by atoms with Crippen molar-refractivity contribution in [1.29, 1.82) is 0 Å². The fourth-order valence-corrected chi connectivity index (χ4v) is 1.37. The molecule has 0 fully saturated rings. The molecule has 0 heterocycles. The SMILES string of the molecule is CCC(=O)c1cc(F)ccc1Br. The molecule has 3 heteroatoms. The van der Waals surface area contributed by atoms with Gasteiger partial charge < -0.3 is 0 Å². The third kappa shape index (κ3) is 1.91. The van der Waals surface area contributed by atoms with Gasteiger partial charge in [-0.3, -0.25) is 4.79 Å². The topological polar surface area (TPSA) is 17.1 Å². The Kier molecular flexibility index (Phi) is 2.98. The normalized spacial score (nSPS) is 9.92. The molecule has 12 heavy (non-hydrogen) atoms. The highest BCUT2D eigenvalue weighted by Crippen LogP contribution is 2.19. The molecule has 1 aromatic carbocycles. The van der Waals surface area contributed by atoms with E-state index in [4.69, 9.17) is 0 Å². The van der Waals surface area contributed by atoms with Crippen LogP contribution in [0, 0.1) is 5.82 Å². The second kappa shape index (κ2) is 3.81. The van der Waals surface area contributed by atoms with E-state index in [0.29, 0.717) is 16.5 Å². The molecule has 0 unspecified atom stereocenters. The third-order valence-corrected chi connectivity index (χ3v) is 2.24. The first-order valence-electron chi connectivity index (χ1n) is 3.63. The number of carbonyl (C=O) groups excluding carboxylic acids is 1. The van der Waals surface area contributed by atoms with Crippen molar-refractivity contribution in [2.45, 2.75) is 13.3 Å². The molecular weight excluding hydrogens is 223 g/mol. The second-order valence-electron chi connectivity index (χ2n) is 2.40. The van der Waals surface area contributed by atoms with Crippen molar-refractivity contribution >= 4 is 21.7 Å². The highest BCUT2D eigenvalue weighted by Gasteiger charge is 2.08. The molecule has 0 saturated heterocycles. The molecule has 0 aromatic heterocycles. The van der Waals surface area contributed by atoms with Gasteiger partial charge >= 0.3 is 0 Å². The summed E-state index contributed by atoms with van der Waals surface area (Å²) in [5.74, 6) is -0.434. The summed E-state index contributed by atoms with van der Waals surface area (Å²) in [5.41, 5.74) is 0.414. The molecule has 0 amide bonds. The van der Waals surface area contributed by atoms with Crippen LogP contribution in [0.4, 0.5) is 4.39 Å². The number of hydrogen-bond donors (Lipinski definition) is 0. The van der Waals surface area contributed by atoms with E-state index in [1.54, 1.807) is 6.92 Å². The average molecular weight is 231 g/mol. The maximum absolute atomic E-state index is 12.7. The molecule has 0 bridgehead atoms. The van der Waals surface area contributed by atoms with Gasteiger partial charge in [0.05, 0.1) is 0 Å². The van der Waals surface area contributed by atoms with Gasteiger partial charge in [0.15, 0.2) is 5.78 Å². The van der Waals surface area contributed by atoms with Crippen molar-refractivity contribution in [3.05, 3.63) is 34.1 Å². The predicted molar refractivity (Wildman–Crippen MR) is 48.7 cm³/mol. The van der Waals surface area contributed by atoms with Crippen LogP contribution in [0.3, 0.4) is 0 Å². The van der Waals surface area contributed by atoms with Crippen molar-refractivity contribution in [3.8, 4) is 0 Å². The molecular formula is C9H8BrFO. The summed E-state index contributed by atoms with van der Waals surface area (Å²) in [5, 5.41) is 0. The van der Waals surface area contributed by atoms with Crippen molar-refractivity contribution in [2.24, 2.45) is 0 Å². The fourth-order valence-electron chi connectivity index (χ4n) is 0.902. The first-order chi connectivity index (χ1) is 5.65. The third-order valence-electron chi connectivity index (χ3n) is 1.55. The average Bonchev–Trinajstić information content (AvgIpc) is 2.08. The first kappa shape index (κ1) is 9.39. The summed E-state index contributed by atoms with van der Waals surface area (Å²) in [4.78, 5) is 11.2. The molecule has 0 aliphatic carbocycles. The lowest BCUT2D eigenvalue weighted by Gasteiger charge is -2.00. The van der Waals surface area contributed by atoms with Crippen LogP contribution in [0.5, 0.6) is 0 Å². The largest absolute Gasteiger partial charge is 0.294 e.